The second-order valence-corrected chi connectivity index (χ2v) is 5.48. The van der Waals surface area contributed by atoms with Crippen LogP contribution >= 0.6 is 0 Å². The molecular weight excluding hydrogens is 264 g/mol. The number of carbonyl (C=O) groups excluding carboxylic acids is 1. The molecule has 0 unspecified atom stereocenters. The quantitative estimate of drug-likeness (QED) is 0.512. The maximum atomic E-state index is 11.9. The Hall–Kier alpha value is -2.14. The molecule has 5 heteroatoms. The number of nitrogens with zero attached hydrogens (tertiary/aromatic N) is 2. The zero-order valence-electron chi connectivity index (χ0n) is 12.2. The summed E-state index contributed by atoms with van der Waals surface area (Å²) in [7, 11) is 0. The van der Waals surface area contributed by atoms with Gasteiger partial charge in [0.25, 0.3) is 5.91 Å². The Balaban J connectivity index is 1.98. The predicted octanol–water partition coefficient (Wildman–Crippen LogP) is 1.72. The minimum atomic E-state index is -0.253. The van der Waals surface area contributed by atoms with Gasteiger partial charge >= 0.3 is 0 Å². The third-order valence-corrected chi connectivity index (χ3v) is 4.15. The highest BCUT2D eigenvalue weighted by Crippen LogP contribution is 2.23. The minimum absolute atomic E-state index is 0.253. The van der Waals surface area contributed by atoms with Crippen molar-refractivity contribution >= 4 is 5.91 Å². The van der Waals surface area contributed by atoms with Crippen molar-refractivity contribution in [1.82, 2.24) is 15.0 Å². The molecule has 1 aromatic carbocycles. The predicted molar refractivity (Wildman–Crippen MR) is 80.8 cm³/mol. The van der Waals surface area contributed by atoms with Gasteiger partial charge in [-0.25, -0.2) is 10.8 Å². The van der Waals surface area contributed by atoms with Gasteiger partial charge < -0.3 is 4.57 Å². The number of aryl methyl sites for hydroxylation is 2. The molecule has 1 aliphatic rings. The van der Waals surface area contributed by atoms with Crippen molar-refractivity contribution in [1.29, 1.82) is 0 Å². The fourth-order valence-corrected chi connectivity index (χ4v) is 3.07. The van der Waals surface area contributed by atoms with Gasteiger partial charge in [0.15, 0.2) is 0 Å². The molecule has 110 valence electrons. The van der Waals surface area contributed by atoms with Gasteiger partial charge in [-0.1, -0.05) is 18.2 Å². The first-order chi connectivity index (χ1) is 10.2. The first kappa shape index (κ1) is 13.8. The number of aromatic nitrogens is 2. The van der Waals surface area contributed by atoms with Crippen LogP contribution in [0.4, 0.5) is 0 Å². The van der Waals surface area contributed by atoms with E-state index in [-0.39, 0.29) is 5.91 Å². The minimum Gasteiger partial charge on any atom is -0.328 e. The van der Waals surface area contributed by atoms with Crippen molar-refractivity contribution in [3.8, 4) is 0 Å². The number of benzene rings is 1. The largest absolute Gasteiger partial charge is 0.328 e. The van der Waals surface area contributed by atoms with E-state index < -0.39 is 0 Å². The summed E-state index contributed by atoms with van der Waals surface area (Å²) < 4.78 is 2.23. The van der Waals surface area contributed by atoms with E-state index >= 15 is 0 Å². The molecule has 3 rings (SSSR count). The van der Waals surface area contributed by atoms with E-state index in [4.69, 9.17) is 5.84 Å². The van der Waals surface area contributed by atoms with Crippen LogP contribution in [0.15, 0.2) is 24.3 Å². The van der Waals surface area contributed by atoms with Gasteiger partial charge in [-0.2, -0.15) is 0 Å². The zero-order valence-corrected chi connectivity index (χ0v) is 12.2. The number of fused-ring (bicyclic) bond motifs is 1. The van der Waals surface area contributed by atoms with E-state index in [1.54, 1.807) is 6.07 Å². The molecule has 0 fully saturated rings. The number of nitrogens with two attached hydrogens (primary N) is 1. The van der Waals surface area contributed by atoms with Crippen LogP contribution in [0.1, 0.15) is 46.0 Å². The lowest BCUT2D eigenvalue weighted by atomic mass is 10.0. The summed E-state index contributed by atoms with van der Waals surface area (Å²) in [5.74, 6) is 6.03. The van der Waals surface area contributed by atoms with Gasteiger partial charge in [0, 0.05) is 17.8 Å². The normalized spacial score (nSPS) is 13.8. The number of nitrogens with one attached hydrogen (secondary N) is 1. The van der Waals surface area contributed by atoms with Gasteiger partial charge in [-0.15, -0.1) is 0 Å². The Morgan fingerprint density at radius 3 is 2.90 bits per heavy atom. The van der Waals surface area contributed by atoms with Crippen LogP contribution in [0.5, 0.6) is 0 Å². The van der Waals surface area contributed by atoms with Crippen molar-refractivity contribution < 1.29 is 4.79 Å². The van der Waals surface area contributed by atoms with Gasteiger partial charge in [0.1, 0.15) is 5.82 Å². The Morgan fingerprint density at radius 2 is 2.10 bits per heavy atom. The van der Waals surface area contributed by atoms with E-state index in [0.717, 1.165) is 24.2 Å². The highest BCUT2D eigenvalue weighted by atomic mass is 16.2. The summed E-state index contributed by atoms with van der Waals surface area (Å²) in [6.07, 6.45) is 4.56. The van der Waals surface area contributed by atoms with Gasteiger partial charge in [0.2, 0.25) is 0 Å². The molecule has 0 atom stereocenters. The molecular formula is C16H20N4O. The molecule has 21 heavy (non-hydrogen) atoms. The Labute approximate surface area is 124 Å². The smallest absolute Gasteiger partial charge is 0.265 e. The first-order valence-corrected chi connectivity index (χ1v) is 7.34. The van der Waals surface area contributed by atoms with Crippen LogP contribution < -0.4 is 11.3 Å². The van der Waals surface area contributed by atoms with Gasteiger partial charge in [0.05, 0.1) is 5.69 Å². The van der Waals surface area contributed by atoms with Crippen molar-refractivity contribution in [2.45, 2.75) is 39.2 Å². The molecule has 5 nitrogen and oxygen atoms in total. The van der Waals surface area contributed by atoms with E-state index in [2.05, 4.69) is 15.0 Å². The molecule has 3 N–H and O–H groups in total. The molecule has 1 aromatic heterocycles. The SMILES string of the molecule is Cc1nc2c(n1Cc1ccccc1C(=O)NN)CCCC2. The molecule has 1 amide bonds. The average molecular weight is 284 g/mol. The number of nitrogen functional groups attached to an aromatic ring is 1. The molecule has 1 aliphatic carbocycles. The number of amides is 1. The van der Waals surface area contributed by atoms with E-state index in [0.29, 0.717) is 12.1 Å². The van der Waals surface area contributed by atoms with Crippen molar-refractivity contribution in [2.24, 2.45) is 5.84 Å². The number of hydrazine groups is 1. The summed E-state index contributed by atoms with van der Waals surface area (Å²) in [6.45, 7) is 2.70. The lowest BCUT2D eigenvalue weighted by Crippen LogP contribution is -2.31. The topological polar surface area (TPSA) is 72.9 Å². The van der Waals surface area contributed by atoms with Crippen LogP contribution in [0.25, 0.3) is 0 Å². The highest BCUT2D eigenvalue weighted by molar-refractivity contribution is 5.95. The summed E-state index contributed by atoms with van der Waals surface area (Å²) in [6, 6.07) is 7.57. The zero-order chi connectivity index (χ0) is 14.8. The Bertz CT molecular complexity index is 675. The second kappa shape index (κ2) is 5.69. The van der Waals surface area contributed by atoms with Crippen LogP contribution in [0.2, 0.25) is 0 Å². The van der Waals surface area contributed by atoms with Crippen LogP contribution in [0, 0.1) is 6.92 Å². The fraction of sp³-hybridized carbons (Fsp3) is 0.375. The number of carbonyl (C=O) groups is 1. The maximum Gasteiger partial charge on any atom is 0.265 e. The third kappa shape index (κ3) is 2.56. The lowest BCUT2D eigenvalue weighted by Gasteiger charge is -2.16. The number of imidazole rings is 1. The lowest BCUT2D eigenvalue weighted by molar-refractivity contribution is 0.0952. The molecule has 0 radical (unpaired) electrons. The maximum absolute atomic E-state index is 11.9. The molecule has 2 aromatic rings. The summed E-state index contributed by atoms with van der Waals surface area (Å²) >= 11 is 0. The highest BCUT2D eigenvalue weighted by Gasteiger charge is 2.19. The second-order valence-electron chi connectivity index (χ2n) is 5.48. The molecule has 0 spiro atoms. The summed E-state index contributed by atoms with van der Waals surface area (Å²) in [5, 5.41) is 0. The number of hydrogen-bond donors (Lipinski definition) is 2. The van der Waals surface area contributed by atoms with E-state index in [1.807, 2.05) is 25.1 Å². The number of rotatable bonds is 3. The van der Waals surface area contributed by atoms with E-state index in [1.165, 1.54) is 24.2 Å². The molecule has 0 saturated heterocycles. The first-order valence-electron chi connectivity index (χ1n) is 7.34. The van der Waals surface area contributed by atoms with Crippen LogP contribution in [-0.4, -0.2) is 15.5 Å². The molecule has 0 saturated carbocycles. The standard InChI is InChI=1S/C16H20N4O/c1-11-18-14-8-4-5-9-15(14)20(11)10-12-6-2-3-7-13(12)16(21)19-17/h2-3,6-7H,4-5,8-10,17H2,1H3,(H,19,21). The summed E-state index contributed by atoms with van der Waals surface area (Å²) in [5.41, 5.74) is 6.35. The van der Waals surface area contributed by atoms with Crippen LogP contribution in [-0.2, 0) is 19.4 Å². The van der Waals surface area contributed by atoms with E-state index in [9.17, 15) is 4.79 Å². The molecule has 0 aliphatic heterocycles. The molecule has 0 bridgehead atoms. The van der Waals surface area contributed by atoms with Crippen LogP contribution in [0.3, 0.4) is 0 Å². The van der Waals surface area contributed by atoms with Crippen molar-refractivity contribution in [3.05, 3.63) is 52.6 Å². The van der Waals surface area contributed by atoms with Crippen molar-refractivity contribution in [3.63, 3.8) is 0 Å². The summed E-state index contributed by atoms with van der Waals surface area (Å²) in [4.78, 5) is 16.6. The molecule has 1 heterocycles. The monoisotopic (exact) mass is 284 g/mol. The number of hydrogen-bond acceptors (Lipinski definition) is 3. The van der Waals surface area contributed by atoms with Gasteiger partial charge in [-0.3, -0.25) is 10.2 Å². The Morgan fingerprint density at radius 1 is 1.33 bits per heavy atom. The van der Waals surface area contributed by atoms with Crippen molar-refractivity contribution in [2.75, 3.05) is 0 Å². The Kier molecular flexibility index (Phi) is 3.75. The third-order valence-electron chi connectivity index (χ3n) is 4.15. The average Bonchev–Trinajstić information content (AvgIpc) is 2.83. The fourth-order valence-electron chi connectivity index (χ4n) is 3.07. The van der Waals surface area contributed by atoms with Gasteiger partial charge in [-0.05, 0) is 44.2 Å².